The Morgan fingerprint density at radius 2 is 1.90 bits per heavy atom. The fourth-order valence-corrected chi connectivity index (χ4v) is 2.27. The van der Waals surface area contributed by atoms with Crippen LogP contribution in [0.5, 0.6) is 5.75 Å². The third-order valence-corrected chi connectivity index (χ3v) is 3.55. The van der Waals surface area contributed by atoms with Crippen molar-refractivity contribution in [2.45, 2.75) is 46.3 Å². The van der Waals surface area contributed by atoms with Crippen LogP contribution in [0.15, 0.2) is 24.3 Å². The Balaban J connectivity index is 2.06. The number of nitrogens with zero attached hydrogens (tertiary/aromatic N) is 2. The van der Waals surface area contributed by atoms with Gasteiger partial charge in [-0.15, -0.1) is 0 Å². The zero-order chi connectivity index (χ0) is 14.8. The molecule has 0 bridgehead atoms. The lowest BCUT2D eigenvalue weighted by atomic mass is 9.87. The summed E-state index contributed by atoms with van der Waals surface area (Å²) in [4.78, 5) is 0. The highest BCUT2D eigenvalue weighted by Gasteiger charge is 2.13. The van der Waals surface area contributed by atoms with Gasteiger partial charge in [0.1, 0.15) is 12.4 Å². The van der Waals surface area contributed by atoms with Crippen molar-refractivity contribution in [1.82, 2.24) is 14.8 Å². The molecule has 0 atom stereocenters. The van der Waals surface area contributed by atoms with Crippen molar-refractivity contribution in [3.8, 4) is 5.75 Å². The van der Waals surface area contributed by atoms with Crippen LogP contribution in [0.3, 0.4) is 0 Å². The molecule has 20 heavy (non-hydrogen) atoms. The molecule has 2 rings (SSSR count). The lowest BCUT2D eigenvalue weighted by Gasteiger charge is -2.19. The molecule has 0 spiro atoms. The quantitative estimate of drug-likeness (QED) is 0.870. The SMILES string of the molecule is CCn1c(COc2ccc(C(C)(C)C)cc2)n[nH]c1=S. The minimum atomic E-state index is 0.156. The summed E-state index contributed by atoms with van der Waals surface area (Å²) >= 11 is 5.15. The van der Waals surface area contributed by atoms with Gasteiger partial charge in [-0.05, 0) is 42.3 Å². The first-order chi connectivity index (χ1) is 9.41. The van der Waals surface area contributed by atoms with E-state index in [-0.39, 0.29) is 5.41 Å². The van der Waals surface area contributed by atoms with Gasteiger partial charge in [-0.1, -0.05) is 32.9 Å². The fraction of sp³-hybridized carbons (Fsp3) is 0.467. The van der Waals surface area contributed by atoms with Gasteiger partial charge >= 0.3 is 0 Å². The van der Waals surface area contributed by atoms with Crippen molar-refractivity contribution in [3.05, 3.63) is 40.4 Å². The maximum Gasteiger partial charge on any atom is 0.195 e. The Bertz CT molecular complexity index is 620. The largest absolute Gasteiger partial charge is 0.486 e. The van der Waals surface area contributed by atoms with Crippen LogP contribution >= 0.6 is 12.2 Å². The Kier molecular flexibility index (Phi) is 4.28. The first kappa shape index (κ1) is 14.8. The van der Waals surface area contributed by atoms with Gasteiger partial charge < -0.3 is 9.30 Å². The van der Waals surface area contributed by atoms with Gasteiger partial charge in [0.25, 0.3) is 0 Å². The number of benzene rings is 1. The van der Waals surface area contributed by atoms with Crippen molar-refractivity contribution in [3.63, 3.8) is 0 Å². The van der Waals surface area contributed by atoms with Gasteiger partial charge in [-0.3, -0.25) is 5.10 Å². The summed E-state index contributed by atoms with van der Waals surface area (Å²) in [7, 11) is 0. The van der Waals surface area contributed by atoms with E-state index >= 15 is 0 Å². The number of ether oxygens (including phenoxy) is 1. The summed E-state index contributed by atoms with van der Waals surface area (Å²) in [5, 5.41) is 6.97. The molecule has 0 aliphatic carbocycles. The second-order valence-electron chi connectivity index (χ2n) is 5.75. The van der Waals surface area contributed by atoms with E-state index < -0.39 is 0 Å². The number of hydrogen-bond acceptors (Lipinski definition) is 3. The zero-order valence-electron chi connectivity index (χ0n) is 12.4. The molecule has 0 unspecified atom stereocenters. The molecular weight excluding hydrogens is 270 g/mol. The molecule has 0 saturated heterocycles. The van der Waals surface area contributed by atoms with Crippen LogP contribution in [0.4, 0.5) is 0 Å². The molecule has 0 saturated carbocycles. The highest BCUT2D eigenvalue weighted by Crippen LogP contribution is 2.24. The maximum atomic E-state index is 5.77. The first-order valence-electron chi connectivity index (χ1n) is 6.79. The Labute approximate surface area is 124 Å². The van der Waals surface area contributed by atoms with E-state index in [9.17, 15) is 0 Å². The van der Waals surface area contributed by atoms with E-state index in [4.69, 9.17) is 17.0 Å². The predicted octanol–water partition coefficient (Wildman–Crippen LogP) is 3.84. The summed E-state index contributed by atoms with van der Waals surface area (Å²) in [6.07, 6.45) is 0. The molecule has 4 nitrogen and oxygen atoms in total. The van der Waals surface area contributed by atoms with Crippen LogP contribution in [0.25, 0.3) is 0 Å². The predicted molar refractivity (Wildman–Crippen MR) is 82.6 cm³/mol. The normalized spacial score (nSPS) is 11.6. The molecule has 0 radical (unpaired) electrons. The van der Waals surface area contributed by atoms with Gasteiger partial charge in [0.05, 0.1) is 0 Å². The second kappa shape index (κ2) is 5.79. The van der Waals surface area contributed by atoms with Crippen molar-refractivity contribution in [2.75, 3.05) is 0 Å². The van der Waals surface area contributed by atoms with Crippen LogP contribution in [0, 0.1) is 4.77 Å². The topological polar surface area (TPSA) is 42.8 Å². The summed E-state index contributed by atoms with van der Waals surface area (Å²) in [5.74, 6) is 1.66. The standard InChI is InChI=1S/C15H21N3OS/c1-5-18-13(16-17-14(18)20)10-19-12-8-6-11(7-9-12)15(2,3)4/h6-9H,5,10H2,1-4H3,(H,17,20). The summed E-state index contributed by atoms with van der Waals surface area (Å²) in [5.41, 5.74) is 1.45. The lowest BCUT2D eigenvalue weighted by Crippen LogP contribution is -2.10. The van der Waals surface area contributed by atoms with Crippen LogP contribution in [-0.4, -0.2) is 14.8 Å². The highest BCUT2D eigenvalue weighted by atomic mass is 32.1. The van der Waals surface area contributed by atoms with Gasteiger partial charge in [-0.2, -0.15) is 5.10 Å². The molecule has 1 aromatic carbocycles. The lowest BCUT2D eigenvalue weighted by molar-refractivity contribution is 0.289. The van der Waals surface area contributed by atoms with Crippen molar-refractivity contribution < 1.29 is 4.74 Å². The second-order valence-corrected chi connectivity index (χ2v) is 6.14. The molecule has 0 aliphatic rings. The summed E-state index contributed by atoms with van der Waals surface area (Å²) in [6, 6.07) is 8.20. The maximum absolute atomic E-state index is 5.77. The Morgan fingerprint density at radius 1 is 1.25 bits per heavy atom. The molecule has 1 aromatic heterocycles. The molecule has 1 N–H and O–H groups in total. The number of aromatic nitrogens is 3. The third kappa shape index (κ3) is 3.28. The van der Waals surface area contributed by atoms with E-state index in [0.29, 0.717) is 11.4 Å². The Morgan fingerprint density at radius 3 is 2.45 bits per heavy atom. The monoisotopic (exact) mass is 291 g/mol. The van der Waals surface area contributed by atoms with Gasteiger partial charge in [0, 0.05) is 6.54 Å². The highest BCUT2D eigenvalue weighted by molar-refractivity contribution is 7.71. The van der Waals surface area contributed by atoms with Gasteiger partial charge in [0.2, 0.25) is 0 Å². The van der Waals surface area contributed by atoms with Crippen molar-refractivity contribution in [1.29, 1.82) is 0 Å². The van der Waals surface area contributed by atoms with E-state index in [1.165, 1.54) is 5.56 Å². The smallest absolute Gasteiger partial charge is 0.195 e. The average Bonchev–Trinajstić information content (AvgIpc) is 2.76. The fourth-order valence-electron chi connectivity index (χ4n) is 1.99. The molecule has 108 valence electrons. The average molecular weight is 291 g/mol. The molecule has 5 heteroatoms. The van der Waals surface area contributed by atoms with Crippen LogP contribution < -0.4 is 4.74 Å². The molecular formula is C15H21N3OS. The molecule has 2 aromatic rings. The number of rotatable bonds is 4. The van der Waals surface area contributed by atoms with E-state index in [1.54, 1.807) is 0 Å². The van der Waals surface area contributed by atoms with Crippen LogP contribution in [0.1, 0.15) is 39.1 Å². The number of H-pyrrole nitrogens is 1. The molecule has 0 aliphatic heterocycles. The molecule has 0 fully saturated rings. The molecule has 0 amide bonds. The van der Waals surface area contributed by atoms with E-state index in [0.717, 1.165) is 18.1 Å². The van der Waals surface area contributed by atoms with E-state index in [1.807, 2.05) is 23.6 Å². The van der Waals surface area contributed by atoms with Crippen LogP contribution in [-0.2, 0) is 18.6 Å². The zero-order valence-corrected chi connectivity index (χ0v) is 13.3. The summed E-state index contributed by atoms with van der Waals surface area (Å²) in [6.45, 7) is 9.82. The number of nitrogens with one attached hydrogen (secondary N) is 1. The number of hydrogen-bond donors (Lipinski definition) is 1. The van der Waals surface area contributed by atoms with E-state index in [2.05, 4.69) is 43.1 Å². The minimum Gasteiger partial charge on any atom is -0.486 e. The number of aromatic amines is 1. The molecule has 1 heterocycles. The first-order valence-corrected chi connectivity index (χ1v) is 7.20. The van der Waals surface area contributed by atoms with Crippen molar-refractivity contribution >= 4 is 12.2 Å². The summed E-state index contributed by atoms with van der Waals surface area (Å²) < 4.78 is 8.33. The van der Waals surface area contributed by atoms with Gasteiger partial charge in [0.15, 0.2) is 10.6 Å². The van der Waals surface area contributed by atoms with Gasteiger partial charge in [-0.25, -0.2) is 0 Å². The third-order valence-electron chi connectivity index (χ3n) is 3.24. The minimum absolute atomic E-state index is 0.156. The van der Waals surface area contributed by atoms with Crippen LogP contribution in [0.2, 0.25) is 0 Å². The van der Waals surface area contributed by atoms with Crippen molar-refractivity contribution in [2.24, 2.45) is 0 Å². The Hall–Kier alpha value is -1.62.